The number of aryl methyl sites for hydroxylation is 1. The van der Waals surface area contributed by atoms with E-state index in [1.165, 1.54) is 7.11 Å². The lowest BCUT2D eigenvalue weighted by Gasteiger charge is -2.19. The van der Waals surface area contributed by atoms with Crippen LogP contribution in [0.25, 0.3) is 11.0 Å². The maximum atomic E-state index is 11.4. The first-order valence-corrected chi connectivity index (χ1v) is 5.76. The van der Waals surface area contributed by atoms with Gasteiger partial charge in [0, 0.05) is 29.7 Å². The van der Waals surface area contributed by atoms with Crippen molar-refractivity contribution in [1.29, 1.82) is 0 Å². The molecular formula is C13H17N3O2. The number of carbonyl (C=O) groups excluding carboxylic acids is 1. The minimum absolute atomic E-state index is 0.0148. The van der Waals surface area contributed by atoms with Gasteiger partial charge < -0.3 is 9.30 Å². The number of rotatable bonds is 1. The fraction of sp³-hybridized carbons (Fsp3) is 0.462. The lowest BCUT2D eigenvalue weighted by molar-refractivity contribution is 0.0587. The molecule has 0 radical (unpaired) electrons. The largest absolute Gasteiger partial charge is 0.463 e. The molecule has 18 heavy (non-hydrogen) atoms. The van der Waals surface area contributed by atoms with Crippen LogP contribution < -0.4 is 0 Å². The van der Waals surface area contributed by atoms with E-state index in [0.29, 0.717) is 0 Å². The summed E-state index contributed by atoms with van der Waals surface area (Å²) in [6.45, 7) is 6.40. The normalized spacial score (nSPS) is 11.8. The summed E-state index contributed by atoms with van der Waals surface area (Å²) in [4.78, 5) is 19.7. The van der Waals surface area contributed by atoms with Crippen LogP contribution in [0.3, 0.4) is 0 Å². The van der Waals surface area contributed by atoms with Gasteiger partial charge in [-0.15, -0.1) is 0 Å². The van der Waals surface area contributed by atoms with Gasteiger partial charge in [-0.1, -0.05) is 20.8 Å². The molecule has 2 aromatic heterocycles. The average Bonchev–Trinajstić information content (AvgIpc) is 2.65. The molecule has 96 valence electrons. The van der Waals surface area contributed by atoms with Crippen molar-refractivity contribution in [3.63, 3.8) is 0 Å². The molecule has 0 N–H and O–H groups in total. The lowest BCUT2D eigenvalue weighted by Crippen LogP contribution is -2.16. The zero-order chi connectivity index (χ0) is 13.5. The van der Waals surface area contributed by atoms with Gasteiger partial charge in [-0.2, -0.15) is 0 Å². The van der Waals surface area contributed by atoms with E-state index < -0.39 is 5.97 Å². The van der Waals surface area contributed by atoms with Crippen molar-refractivity contribution >= 4 is 17.0 Å². The van der Waals surface area contributed by atoms with E-state index in [2.05, 4.69) is 41.5 Å². The zero-order valence-electron chi connectivity index (χ0n) is 11.3. The Kier molecular flexibility index (Phi) is 2.84. The topological polar surface area (TPSA) is 57.0 Å². The summed E-state index contributed by atoms with van der Waals surface area (Å²) in [6, 6.07) is 2.05. The van der Waals surface area contributed by atoms with Gasteiger partial charge in [0.25, 0.3) is 0 Å². The van der Waals surface area contributed by atoms with Crippen LogP contribution in [0.4, 0.5) is 0 Å². The number of methoxy groups -OCH3 is 1. The van der Waals surface area contributed by atoms with E-state index in [4.69, 9.17) is 0 Å². The van der Waals surface area contributed by atoms with Gasteiger partial charge in [-0.25, -0.2) is 14.8 Å². The molecule has 0 fully saturated rings. The van der Waals surface area contributed by atoms with Crippen LogP contribution in [-0.4, -0.2) is 27.6 Å². The van der Waals surface area contributed by atoms with Gasteiger partial charge in [-0.05, 0) is 6.07 Å². The highest BCUT2D eigenvalue weighted by molar-refractivity contribution is 5.88. The first-order valence-electron chi connectivity index (χ1n) is 5.76. The predicted molar refractivity (Wildman–Crippen MR) is 68.5 cm³/mol. The Labute approximate surface area is 106 Å². The Morgan fingerprint density at radius 1 is 1.39 bits per heavy atom. The Bertz CT molecular complexity index is 608. The molecule has 2 rings (SSSR count). The monoisotopic (exact) mass is 247 g/mol. The summed E-state index contributed by atoms with van der Waals surface area (Å²) in [5.41, 5.74) is 1.91. The number of nitrogens with zero attached hydrogens (tertiary/aromatic N) is 3. The highest BCUT2D eigenvalue weighted by Gasteiger charge is 2.21. The van der Waals surface area contributed by atoms with E-state index in [-0.39, 0.29) is 11.2 Å². The smallest absolute Gasteiger partial charge is 0.376 e. The maximum Gasteiger partial charge on any atom is 0.376 e. The zero-order valence-corrected chi connectivity index (χ0v) is 11.3. The number of aromatic nitrogens is 3. The molecule has 0 aromatic carbocycles. The minimum Gasteiger partial charge on any atom is -0.463 e. The molecule has 0 atom stereocenters. The number of hydrogen-bond acceptors (Lipinski definition) is 4. The summed E-state index contributed by atoms with van der Waals surface area (Å²) >= 11 is 0. The van der Waals surface area contributed by atoms with Gasteiger partial charge in [0.2, 0.25) is 5.82 Å². The Balaban J connectivity index is 2.64. The van der Waals surface area contributed by atoms with E-state index in [0.717, 1.165) is 16.7 Å². The van der Waals surface area contributed by atoms with Crippen LogP contribution in [0.15, 0.2) is 12.3 Å². The summed E-state index contributed by atoms with van der Waals surface area (Å²) in [6.07, 6.45) is 1.66. The molecule has 0 amide bonds. The van der Waals surface area contributed by atoms with Crippen molar-refractivity contribution in [3.8, 4) is 0 Å². The van der Waals surface area contributed by atoms with Gasteiger partial charge in [0.05, 0.1) is 7.11 Å². The van der Waals surface area contributed by atoms with Gasteiger partial charge >= 0.3 is 5.97 Å². The third-order valence-electron chi connectivity index (χ3n) is 2.90. The molecule has 0 saturated heterocycles. The molecule has 5 heteroatoms. The van der Waals surface area contributed by atoms with E-state index in [1.54, 1.807) is 6.20 Å². The van der Waals surface area contributed by atoms with Gasteiger partial charge in [-0.3, -0.25) is 0 Å². The van der Waals surface area contributed by atoms with Crippen molar-refractivity contribution in [3.05, 3.63) is 23.8 Å². The van der Waals surface area contributed by atoms with Gasteiger partial charge in [0.15, 0.2) is 0 Å². The number of carbonyl (C=O) groups is 1. The first kappa shape index (κ1) is 12.5. The molecule has 2 aromatic rings. The van der Waals surface area contributed by atoms with Crippen molar-refractivity contribution in [2.75, 3.05) is 7.11 Å². The fourth-order valence-corrected chi connectivity index (χ4v) is 2.02. The molecule has 2 heterocycles. The van der Waals surface area contributed by atoms with Crippen molar-refractivity contribution in [1.82, 2.24) is 14.5 Å². The Hall–Kier alpha value is -1.91. The number of fused-ring (bicyclic) bond motifs is 1. The standard InChI is InChI=1S/C13H17N3O2/c1-13(2,3)9-6-8-7-14-10(12(17)18-5)15-11(8)16(9)4/h6-7H,1-5H3. The SMILES string of the molecule is COC(=O)c1ncc2cc(C(C)(C)C)n(C)c2n1. The summed E-state index contributed by atoms with van der Waals surface area (Å²) < 4.78 is 6.62. The van der Waals surface area contributed by atoms with Crippen LogP contribution in [-0.2, 0) is 17.2 Å². The van der Waals surface area contributed by atoms with E-state index in [1.807, 2.05) is 11.6 Å². The predicted octanol–water partition coefficient (Wildman–Crippen LogP) is 2.05. The average molecular weight is 247 g/mol. The van der Waals surface area contributed by atoms with Crippen molar-refractivity contribution < 1.29 is 9.53 Å². The van der Waals surface area contributed by atoms with Gasteiger partial charge in [0.1, 0.15) is 5.65 Å². The van der Waals surface area contributed by atoms with Crippen LogP contribution in [0.2, 0.25) is 0 Å². The highest BCUT2D eigenvalue weighted by Crippen LogP contribution is 2.27. The van der Waals surface area contributed by atoms with Crippen molar-refractivity contribution in [2.45, 2.75) is 26.2 Å². The van der Waals surface area contributed by atoms with E-state index >= 15 is 0 Å². The van der Waals surface area contributed by atoms with E-state index in [9.17, 15) is 4.79 Å². The quantitative estimate of drug-likeness (QED) is 0.724. The molecular weight excluding hydrogens is 230 g/mol. The van der Waals surface area contributed by atoms with Crippen molar-refractivity contribution in [2.24, 2.45) is 7.05 Å². The van der Waals surface area contributed by atoms with Crippen LogP contribution >= 0.6 is 0 Å². The summed E-state index contributed by atoms with van der Waals surface area (Å²) in [7, 11) is 3.26. The third kappa shape index (κ3) is 1.96. The van der Waals surface area contributed by atoms with Crippen LogP contribution in [0.5, 0.6) is 0 Å². The first-order chi connectivity index (χ1) is 8.34. The summed E-state index contributed by atoms with van der Waals surface area (Å²) in [5.74, 6) is -0.429. The highest BCUT2D eigenvalue weighted by atomic mass is 16.5. The maximum absolute atomic E-state index is 11.4. The number of esters is 1. The number of ether oxygens (including phenoxy) is 1. The van der Waals surface area contributed by atoms with Crippen LogP contribution in [0, 0.1) is 0 Å². The lowest BCUT2D eigenvalue weighted by atomic mass is 9.92. The molecule has 0 aliphatic heterocycles. The van der Waals surface area contributed by atoms with Crippen LogP contribution in [0.1, 0.15) is 37.1 Å². The second-order valence-electron chi connectivity index (χ2n) is 5.30. The number of hydrogen-bond donors (Lipinski definition) is 0. The molecule has 0 aliphatic rings. The second-order valence-corrected chi connectivity index (χ2v) is 5.30. The molecule has 0 saturated carbocycles. The minimum atomic E-state index is -0.518. The molecule has 0 bridgehead atoms. The second kappa shape index (κ2) is 4.08. The Morgan fingerprint density at radius 2 is 2.06 bits per heavy atom. The Morgan fingerprint density at radius 3 is 2.61 bits per heavy atom. The third-order valence-corrected chi connectivity index (χ3v) is 2.90. The summed E-state index contributed by atoms with van der Waals surface area (Å²) in [5, 5.41) is 0.926. The molecule has 0 unspecified atom stereocenters. The fourth-order valence-electron chi connectivity index (χ4n) is 2.02. The molecule has 0 aliphatic carbocycles. The molecule has 5 nitrogen and oxygen atoms in total. The molecule has 0 spiro atoms.